The third kappa shape index (κ3) is 3.07. The molecule has 18 heavy (non-hydrogen) atoms. The van der Waals surface area contributed by atoms with Gasteiger partial charge in [-0.15, -0.1) is 11.3 Å². The fourth-order valence-corrected chi connectivity index (χ4v) is 2.49. The van der Waals surface area contributed by atoms with E-state index in [0.29, 0.717) is 13.0 Å². The molecule has 0 fully saturated rings. The number of carbonyl (C=O) groups excluding carboxylic acids is 1. The highest BCUT2D eigenvalue weighted by Crippen LogP contribution is 2.29. The van der Waals surface area contributed by atoms with E-state index in [1.165, 1.54) is 0 Å². The summed E-state index contributed by atoms with van der Waals surface area (Å²) in [4.78, 5) is 16.3. The van der Waals surface area contributed by atoms with Gasteiger partial charge in [-0.25, -0.2) is 4.98 Å². The Labute approximate surface area is 110 Å². The second kappa shape index (κ2) is 5.64. The summed E-state index contributed by atoms with van der Waals surface area (Å²) in [6.07, 6.45) is 0.319. The molecule has 1 amide bonds. The lowest BCUT2D eigenvalue weighted by atomic mass is 10.1. The Balaban J connectivity index is 2.10. The average Bonchev–Trinajstić information content (AvgIpc) is 2.71. The molecular weight excluding hydrogens is 246 g/mol. The van der Waals surface area contributed by atoms with Gasteiger partial charge in [-0.05, 0) is 6.92 Å². The standard InChI is InChI=1S/C13H15N3OS/c1-9-12(10-5-3-2-4-6-10)16-13(18-9)15-8-7-11(14)17/h2-6H,7-8H2,1H3,(H2,14,17)(H,15,16). The summed E-state index contributed by atoms with van der Waals surface area (Å²) in [6.45, 7) is 2.57. The Morgan fingerprint density at radius 1 is 1.39 bits per heavy atom. The van der Waals surface area contributed by atoms with Crippen molar-refractivity contribution in [2.45, 2.75) is 13.3 Å². The van der Waals surface area contributed by atoms with E-state index in [9.17, 15) is 4.79 Å². The second-order valence-corrected chi connectivity index (χ2v) is 5.14. The van der Waals surface area contributed by atoms with E-state index in [-0.39, 0.29) is 5.91 Å². The maximum absolute atomic E-state index is 10.6. The van der Waals surface area contributed by atoms with E-state index in [1.807, 2.05) is 37.3 Å². The van der Waals surface area contributed by atoms with Gasteiger partial charge in [0, 0.05) is 23.4 Å². The van der Waals surface area contributed by atoms with Crippen LogP contribution in [-0.4, -0.2) is 17.4 Å². The SMILES string of the molecule is Cc1sc(NCCC(N)=O)nc1-c1ccccc1. The Kier molecular flexibility index (Phi) is 3.94. The van der Waals surface area contributed by atoms with Gasteiger partial charge in [0.05, 0.1) is 5.69 Å². The third-order valence-corrected chi connectivity index (χ3v) is 3.42. The molecule has 0 aliphatic heterocycles. The zero-order valence-electron chi connectivity index (χ0n) is 10.1. The van der Waals surface area contributed by atoms with Gasteiger partial charge in [0.2, 0.25) is 5.91 Å². The van der Waals surface area contributed by atoms with Gasteiger partial charge < -0.3 is 11.1 Å². The Morgan fingerprint density at radius 2 is 2.11 bits per heavy atom. The molecule has 1 aromatic heterocycles. The first-order valence-corrected chi connectivity index (χ1v) is 6.53. The van der Waals surface area contributed by atoms with Crippen LogP contribution in [0.3, 0.4) is 0 Å². The van der Waals surface area contributed by atoms with Crippen LogP contribution in [0.1, 0.15) is 11.3 Å². The first-order chi connectivity index (χ1) is 8.66. The lowest BCUT2D eigenvalue weighted by Gasteiger charge is -1.99. The number of nitrogens with zero attached hydrogens (tertiary/aromatic N) is 1. The zero-order chi connectivity index (χ0) is 13.0. The highest BCUT2D eigenvalue weighted by molar-refractivity contribution is 7.16. The van der Waals surface area contributed by atoms with Crippen LogP contribution in [0.2, 0.25) is 0 Å². The number of carbonyl (C=O) groups is 1. The summed E-state index contributed by atoms with van der Waals surface area (Å²) in [5, 5.41) is 3.94. The van der Waals surface area contributed by atoms with E-state index in [2.05, 4.69) is 10.3 Å². The molecule has 0 unspecified atom stereocenters. The number of rotatable bonds is 5. The number of anilines is 1. The fraction of sp³-hybridized carbons (Fsp3) is 0.231. The summed E-state index contributed by atoms with van der Waals surface area (Å²) in [5.41, 5.74) is 7.18. The van der Waals surface area contributed by atoms with Crippen molar-refractivity contribution in [3.8, 4) is 11.3 Å². The second-order valence-electron chi connectivity index (χ2n) is 3.93. The molecule has 0 atom stereocenters. The number of hydrogen-bond donors (Lipinski definition) is 2. The third-order valence-electron chi connectivity index (χ3n) is 2.49. The summed E-state index contributed by atoms with van der Waals surface area (Å²) in [5.74, 6) is -0.306. The minimum atomic E-state index is -0.306. The van der Waals surface area contributed by atoms with Gasteiger partial charge >= 0.3 is 0 Å². The van der Waals surface area contributed by atoms with Crippen LogP contribution in [0.4, 0.5) is 5.13 Å². The highest BCUT2D eigenvalue weighted by atomic mass is 32.1. The number of aryl methyl sites for hydroxylation is 1. The Morgan fingerprint density at radius 3 is 2.78 bits per heavy atom. The maximum Gasteiger partial charge on any atom is 0.219 e. The fourth-order valence-electron chi connectivity index (χ4n) is 1.63. The molecule has 0 radical (unpaired) electrons. The largest absolute Gasteiger partial charge is 0.370 e. The quantitative estimate of drug-likeness (QED) is 0.868. The Bertz CT molecular complexity index is 536. The maximum atomic E-state index is 10.6. The van der Waals surface area contributed by atoms with Crippen molar-refractivity contribution < 1.29 is 4.79 Å². The molecule has 0 bridgehead atoms. The van der Waals surface area contributed by atoms with Crippen molar-refractivity contribution >= 4 is 22.4 Å². The van der Waals surface area contributed by atoms with Crippen LogP contribution in [0.5, 0.6) is 0 Å². The van der Waals surface area contributed by atoms with Gasteiger partial charge in [-0.2, -0.15) is 0 Å². The molecule has 0 aliphatic carbocycles. The van der Waals surface area contributed by atoms with Gasteiger partial charge in [0.1, 0.15) is 0 Å². The first kappa shape index (κ1) is 12.6. The number of benzene rings is 1. The van der Waals surface area contributed by atoms with E-state index >= 15 is 0 Å². The molecule has 1 aromatic carbocycles. The van der Waals surface area contributed by atoms with Crippen LogP contribution >= 0.6 is 11.3 Å². The molecule has 0 saturated carbocycles. The predicted molar refractivity (Wildman–Crippen MR) is 74.6 cm³/mol. The summed E-state index contributed by atoms with van der Waals surface area (Å²) in [6, 6.07) is 10.0. The lowest BCUT2D eigenvalue weighted by Crippen LogP contribution is -2.15. The van der Waals surface area contributed by atoms with Crippen LogP contribution < -0.4 is 11.1 Å². The molecule has 94 valence electrons. The number of amides is 1. The minimum Gasteiger partial charge on any atom is -0.370 e. The number of aromatic nitrogens is 1. The summed E-state index contributed by atoms with van der Waals surface area (Å²) >= 11 is 1.59. The van der Waals surface area contributed by atoms with Crippen molar-refractivity contribution in [1.82, 2.24) is 4.98 Å². The molecule has 0 spiro atoms. The number of nitrogens with one attached hydrogen (secondary N) is 1. The summed E-state index contributed by atoms with van der Waals surface area (Å²) < 4.78 is 0. The van der Waals surface area contributed by atoms with E-state index in [1.54, 1.807) is 11.3 Å². The van der Waals surface area contributed by atoms with E-state index in [4.69, 9.17) is 5.73 Å². The van der Waals surface area contributed by atoms with Crippen molar-refractivity contribution in [3.05, 3.63) is 35.2 Å². The molecular formula is C13H15N3OS. The van der Waals surface area contributed by atoms with Gasteiger partial charge in [-0.1, -0.05) is 30.3 Å². The monoisotopic (exact) mass is 261 g/mol. The zero-order valence-corrected chi connectivity index (χ0v) is 11.0. The Hall–Kier alpha value is -1.88. The van der Waals surface area contributed by atoms with E-state index in [0.717, 1.165) is 21.3 Å². The summed E-state index contributed by atoms with van der Waals surface area (Å²) in [7, 11) is 0. The van der Waals surface area contributed by atoms with Crippen LogP contribution in [0, 0.1) is 6.92 Å². The van der Waals surface area contributed by atoms with Gasteiger partial charge in [-0.3, -0.25) is 4.79 Å². The van der Waals surface area contributed by atoms with Gasteiger partial charge in [0.25, 0.3) is 0 Å². The van der Waals surface area contributed by atoms with Crippen molar-refractivity contribution in [1.29, 1.82) is 0 Å². The normalized spacial score (nSPS) is 10.3. The molecule has 4 nitrogen and oxygen atoms in total. The van der Waals surface area contributed by atoms with Crippen molar-refractivity contribution in [3.63, 3.8) is 0 Å². The van der Waals surface area contributed by atoms with Crippen LogP contribution in [0.15, 0.2) is 30.3 Å². The first-order valence-electron chi connectivity index (χ1n) is 5.72. The number of primary amides is 1. The molecule has 3 N–H and O–H groups in total. The number of thiazole rings is 1. The van der Waals surface area contributed by atoms with Gasteiger partial charge in [0.15, 0.2) is 5.13 Å². The molecule has 1 heterocycles. The number of hydrogen-bond acceptors (Lipinski definition) is 4. The molecule has 0 aliphatic rings. The highest BCUT2D eigenvalue weighted by Gasteiger charge is 2.09. The van der Waals surface area contributed by atoms with E-state index < -0.39 is 0 Å². The predicted octanol–water partition coefficient (Wildman–Crippen LogP) is 2.41. The minimum absolute atomic E-state index is 0.306. The molecule has 2 rings (SSSR count). The number of nitrogens with two attached hydrogens (primary N) is 1. The van der Waals surface area contributed by atoms with Crippen LogP contribution in [0.25, 0.3) is 11.3 Å². The molecule has 0 saturated heterocycles. The molecule has 5 heteroatoms. The molecule has 2 aromatic rings. The van der Waals surface area contributed by atoms with Crippen LogP contribution in [-0.2, 0) is 4.79 Å². The lowest BCUT2D eigenvalue weighted by molar-refractivity contribution is -0.117. The smallest absolute Gasteiger partial charge is 0.219 e. The van der Waals surface area contributed by atoms with Crippen molar-refractivity contribution in [2.75, 3.05) is 11.9 Å². The topological polar surface area (TPSA) is 68.0 Å². The van der Waals surface area contributed by atoms with Crippen molar-refractivity contribution in [2.24, 2.45) is 5.73 Å². The average molecular weight is 261 g/mol.